The lowest BCUT2D eigenvalue weighted by Gasteiger charge is -2.29. The largest absolute Gasteiger partial charge is 0.349 e. The molecule has 2 bridgehead atoms. The van der Waals surface area contributed by atoms with Gasteiger partial charge >= 0.3 is 0 Å². The number of hydrogen-bond acceptors (Lipinski definition) is 4. The smallest absolute Gasteiger partial charge is 0.261 e. The molecule has 2 fully saturated rings. The van der Waals surface area contributed by atoms with Gasteiger partial charge in [-0.05, 0) is 56.0 Å². The third-order valence-corrected chi connectivity index (χ3v) is 6.64. The second-order valence-electron chi connectivity index (χ2n) is 7.28. The summed E-state index contributed by atoms with van der Waals surface area (Å²) in [6.45, 7) is 0. The molecule has 2 saturated heterocycles. The number of benzene rings is 2. The topological polar surface area (TPSA) is 87.3 Å². The summed E-state index contributed by atoms with van der Waals surface area (Å²) >= 11 is 0. The second kappa shape index (κ2) is 7.32. The molecule has 7 heteroatoms. The SMILES string of the molecule is O=C(NC1CC2CCC(C1)N2)c1cccc(NS(=O)(=O)c2ccccc2)c1. The summed E-state index contributed by atoms with van der Waals surface area (Å²) < 4.78 is 27.5. The molecular formula is C20H23N3O3S. The van der Waals surface area contributed by atoms with Crippen LogP contribution in [0.4, 0.5) is 5.69 Å². The summed E-state index contributed by atoms with van der Waals surface area (Å²) in [4.78, 5) is 12.8. The number of rotatable bonds is 5. The van der Waals surface area contributed by atoms with E-state index in [1.807, 2.05) is 0 Å². The van der Waals surface area contributed by atoms with E-state index in [1.165, 1.54) is 25.0 Å². The molecule has 27 heavy (non-hydrogen) atoms. The molecule has 1 amide bonds. The molecule has 0 aliphatic carbocycles. The summed E-state index contributed by atoms with van der Waals surface area (Å²) in [7, 11) is -3.68. The van der Waals surface area contributed by atoms with E-state index >= 15 is 0 Å². The molecule has 2 aliphatic rings. The van der Waals surface area contributed by atoms with Gasteiger partial charge in [0.2, 0.25) is 0 Å². The van der Waals surface area contributed by atoms with Crippen molar-refractivity contribution in [2.75, 3.05) is 4.72 Å². The Morgan fingerprint density at radius 2 is 1.67 bits per heavy atom. The summed E-state index contributed by atoms with van der Waals surface area (Å²) in [5.41, 5.74) is 0.825. The van der Waals surface area contributed by atoms with E-state index in [0.717, 1.165) is 12.8 Å². The molecule has 6 nitrogen and oxygen atoms in total. The van der Waals surface area contributed by atoms with Crippen LogP contribution in [0.3, 0.4) is 0 Å². The van der Waals surface area contributed by atoms with Crippen LogP contribution in [0.15, 0.2) is 59.5 Å². The Morgan fingerprint density at radius 3 is 2.37 bits per heavy atom. The van der Waals surface area contributed by atoms with E-state index in [1.54, 1.807) is 42.5 Å². The van der Waals surface area contributed by atoms with Crippen molar-refractivity contribution in [1.82, 2.24) is 10.6 Å². The molecule has 2 aliphatic heterocycles. The molecule has 4 rings (SSSR count). The first-order chi connectivity index (χ1) is 13.0. The van der Waals surface area contributed by atoms with E-state index in [-0.39, 0.29) is 16.8 Å². The van der Waals surface area contributed by atoms with Crippen LogP contribution in [0, 0.1) is 0 Å². The van der Waals surface area contributed by atoms with Gasteiger partial charge in [-0.3, -0.25) is 9.52 Å². The molecular weight excluding hydrogens is 362 g/mol. The Balaban J connectivity index is 1.45. The Labute approximate surface area is 159 Å². The van der Waals surface area contributed by atoms with Gasteiger partial charge in [0.1, 0.15) is 0 Å². The van der Waals surface area contributed by atoms with Crippen LogP contribution < -0.4 is 15.4 Å². The minimum atomic E-state index is -3.68. The monoisotopic (exact) mass is 385 g/mol. The van der Waals surface area contributed by atoms with Crippen LogP contribution in [0.25, 0.3) is 0 Å². The minimum Gasteiger partial charge on any atom is -0.349 e. The molecule has 0 aromatic heterocycles. The molecule has 2 heterocycles. The number of carbonyl (C=O) groups excluding carboxylic acids is 1. The van der Waals surface area contributed by atoms with Crippen LogP contribution in [0.5, 0.6) is 0 Å². The minimum absolute atomic E-state index is 0.165. The van der Waals surface area contributed by atoms with Crippen molar-refractivity contribution in [2.45, 2.75) is 48.7 Å². The molecule has 2 aromatic carbocycles. The number of nitrogens with one attached hydrogen (secondary N) is 3. The van der Waals surface area contributed by atoms with Crippen LogP contribution in [0.1, 0.15) is 36.0 Å². The maximum atomic E-state index is 12.6. The predicted molar refractivity (Wildman–Crippen MR) is 104 cm³/mol. The Morgan fingerprint density at radius 1 is 0.963 bits per heavy atom. The zero-order valence-corrected chi connectivity index (χ0v) is 15.7. The summed E-state index contributed by atoms with van der Waals surface area (Å²) in [5.74, 6) is -0.165. The van der Waals surface area contributed by atoms with Gasteiger partial charge in [-0.2, -0.15) is 0 Å². The normalized spacial score (nSPS) is 24.4. The number of fused-ring (bicyclic) bond motifs is 2. The zero-order chi connectivity index (χ0) is 18.9. The number of carbonyl (C=O) groups is 1. The van der Waals surface area contributed by atoms with Crippen molar-refractivity contribution in [3.8, 4) is 0 Å². The molecule has 2 unspecified atom stereocenters. The number of piperidine rings is 1. The summed E-state index contributed by atoms with van der Waals surface area (Å²) in [5, 5.41) is 6.66. The molecule has 0 saturated carbocycles. The number of sulfonamides is 1. The van der Waals surface area contributed by atoms with Crippen molar-refractivity contribution in [1.29, 1.82) is 0 Å². The fraction of sp³-hybridized carbons (Fsp3) is 0.350. The predicted octanol–water partition coefficient (Wildman–Crippen LogP) is 2.50. The highest BCUT2D eigenvalue weighted by Crippen LogP contribution is 2.27. The summed E-state index contributed by atoms with van der Waals surface area (Å²) in [6, 6.07) is 15.9. The molecule has 142 valence electrons. The maximum Gasteiger partial charge on any atom is 0.261 e. The van der Waals surface area contributed by atoms with Crippen LogP contribution in [-0.4, -0.2) is 32.5 Å². The van der Waals surface area contributed by atoms with Gasteiger partial charge in [-0.25, -0.2) is 8.42 Å². The molecule has 2 atom stereocenters. The first-order valence-corrected chi connectivity index (χ1v) is 10.7. The van der Waals surface area contributed by atoms with Crippen molar-refractivity contribution < 1.29 is 13.2 Å². The quantitative estimate of drug-likeness (QED) is 0.738. The lowest BCUT2D eigenvalue weighted by atomic mass is 9.99. The zero-order valence-electron chi connectivity index (χ0n) is 14.9. The number of hydrogen-bond donors (Lipinski definition) is 3. The first-order valence-electron chi connectivity index (χ1n) is 9.24. The van der Waals surface area contributed by atoms with Gasteiger partial charge in [-0.15, -0.1) is 0 Å². The lowest BCUT2D eigenvalue weighted by Crippen LogP contribution is -2.48. The van der Waals surface area contributed by atoms with Gasteiger partial charge in [0.25, 0.3) is 15.9 Å². The molecule has 0 radical (unpaired) electrons. The third-order valence-electron chi connectivity index (χ3n) is 5.24. The first kappa shape index (κ1) is 18.0. The average molecular weight is 385 g/mol. The van der Waals surface area contributed by atoms with E-state index in [0.29, 0.717) is 23.3 Å². The molecule has 3 N–H and O–H groups in total. The highest BCUT2D eigenvalue weighted by Gasteiger charge is 2.34. The fourth-order valence-corrected chi connectivity index (χ4v) is 5.05. The lowest BCUT2D eigenvalue weighted by molar-refractivity contribution is 0.0924. The highest BCUT2D eigenvalue weighted by atomic mass is 32.2. The third kappa shape index (κ3) is 4.14. The van der Waals surface area contributed by atoms with Gasteiger partial charge in [-0.1, -0.05) is 24.3 Å². The van der Waals surface area contributed by atoms with Crippen LogP contribution in [-0.2, 0) is 10.0 Å². The number of amides is 1. The van der Waals surface area contributed by atoms with Crippen molar-refractivity contribution in [3.05, 3.63) is 60.2 Å². The van der Waals surface area contributed by atoms with Crippen molar-refractivity contribution in [2.24, 2.45) is 0 Å². The van der Waals surface area contributed by atoms with Gasteiger partial charge in [0.15, 0.2) is 0 Å². The fourth-order valence-electron chi connectivity index (χ4n) is 3.98. The van der Waals surface area contributed by atoms with E-state index in [9.17, 15) is 13.2 Å². The second-order valence-corrected chi connectivity index (χ2v) is 8.96. The number of anilines is 1. The Hall–Kier alpha value is -2.38. The van der Waals surface area contributed by atoms with Crippen molar-refractivity contribution in [3.63, 3.8) is 0 Å². The van der Waals surface area contributed by atoms with Crippen molar-refractivity contribution >= 4 is 21.6 Å². The molecule has 2 aromatic rings. The van der Waals surface area contributed by atoms with Crippen LogP contribution in [0.2, 0.25) is 0 Å². The Bertz CT molecular complexity index is 918. The van der Waals surface area contributed by atoms with Gasteiger partial charge in [0.05, 0.1) is 4.90 Å². The van der Waals surface area contributed by atoms with E-state index < -0.39 is 10.0 Å². The van der Waals surface area contributed by atoms with Crippen LogP contribution >= 0.6 is 0 Å². The van der Waals surface area contributed by atoms with E-state index in [2.05, 4.69) is 15.4 Å². The standard InChI is InChI=1S/C20H23N3O3S/c24-20(22-18-12-15-9-10-16(13-18)21-15)14-5-4-6-17(11-14)23-27(25,26)19-7-2-1-3-8-19/h1-8,11,15-16,18,21,23H,9-10,12-13H2,(H,22,24). The molecule has 0 spiro atoms. The highest BCUT2D eigenvalue weighted by molar-refractivity contribution is 7.92. The maximum absolute atomic E-state index is 12.6. The average Bonchev–Trinajstić information content (AvgIpc) is 3.00. The van der Waals surface area contributed by atoms with Gasteiger partial charge in [0, 0.05) is 29.4 Å². The van der Waals surface area contributed by atoms with E-state index in [4.69, 9.17) is 0 Å². The summed E-state index contributed by atoms with van der Waals surface area (Å²) in [6.07, 6.45) is 4.24. The van der Waals surface area contributed by atoms with Gasteiger partial charge < -0.3 is 10.6 Å². The Kier molecular flexibility index (Phi) is 4.88.